The molecule has 0 N–H and O–H groups in total. The van der Waals surface area contributed by atoms with Gasteiger partial charge in [-0.2, -0.15) is 9.61 Å². The van der Waals surface area contributed by atoms with Crippen LogP contribution in [-0.2, 0) is 0 Å². The van der Waals surface area contributed by atoms with Gasteiger partial charge in [-0.3, -0.25) is 0 Å². The number of benzene rings is 1. The van der Waals surface area contributed by atoms with E-state index in [2.05, 4.69) is 46.5 Å². The number of hydrogen-bond donors (Lipinski definition) is 0. The zero-order chi connectivity index (χ0) is 11.1. The molecule has 2 heterocycles. The van der Waals surface area contributed by atoms with Crippen molar-refractivity contribution < 1.29 is 0 Å². The van der Waals surface area contributed by atoms with Crippen LogP contribution in [0.3, 0.4) is 0 Å². The van der Waals surface area contributed by atoms with E-state index in [1.54, 1.807) is 15.9 Å². The number of aryl methyl sites for hydroxylation is 2. The summed E-state index contributed by atoms with van der Waals surface area (Å²) in [5, 5.41) is 13.5. The van der Waals surface area contributed by atoms with Gasteiger partial charge in [0, 0.05) is 5.56 Å². The Hall–Kier alpha value is -1.75. The Morgan fingerprint density at radius 2 is 1.81 bits per heavy atom. The predicted octanol–water partition coefficient (Wildman–Crippen LogP) is 2.47. The highest BCUT2D eigenvalue weighted by Gasteiger charge is 2.09. The van der Waals surface area contributed by atoms with E-state index in [4.69, 9.17) is 0 Å². The van der Waals surface area contributed by atoms with Gasteiger partial charge in [0.25, 0.3) is 0 Å². The zero-order valence-electron chi connectivity index (χ0n) is 9.01. The number of rotatable bonds is 1. The van der Waals surface area contributed by atoms with Crippen LogP contribution in [0.25, 0.3) is 15.5 Å². The van der Waals surface area contributed by atoms with Gasteiger partial charge in [0.1, 0.15) is 5.01 Å². The summed E-state index contributed by atoms with van der Waals surface area (Å²) in [5.74, 6) is 0.824. The molecular weight excluding hydrogens is 220 g/mol. The normalized spacial score (nSPS) is 11.1. The van der Waals surface area contributed by atoms with Crippen molar-refractivity contribution in [2.75, 3.05) is 0 Å². The fourth-order valence-electron chi connectivity index (χ4n) is 1.53. The van der Waals surface area contributed by atoms with Crippen molar-refractivity contribution in [3.63, 3.8) is 0 Å². The third kappa shape index (κ3) is 1.40. The van der Waals surface area contributed by atoms with Crippen molar-refractivity contribution in [1.82, 2.24) is 19.8 Å². The Morgan fingerprint density at radius 3 is 2.50 bits per heavy atom. The van der Waals surface area contributed by atoms with Crippen LogP contribution in [-0.4, -0.2) is 19.8 Å². The Kier molecular flexibility index (Phi) is 2.00. The Bertz CT molecular complexity index is 636. The molecule has 0 unspecified atom stereocenters. The van der Waals surface area contributed by atoms with Crippen LogP contribution in [0.15, 0.2) is 24.3 Å². The van der Waals surface area contributed by atoms with Crippen LogP contribution in [0.2, 0.25) is 0 Å². The molecule has 0 saturated heterocycles. The molecule has 0 spiro atoms. The van der Waals surface area contributed by atoms with Crippen LogP contribution in [0.4, 0.5) is 0 Å². The molecule has 0 saturated carbocycles. The molecule has 4 nitrogen and oxygen atoms in total. The second kappa shape index (κ2) is 3.38. The third-order valence-electron chi connectivity index (χ3n) is 2.45. The van der Waals surface area contributed by atoms with Crippen molar-refractivity contribution >= 4 is 16.3 Å². The van der Waals surface area contributed by atoms with E-state index >= 15 is 0 Å². The monoisotopic (exact) mass is 230 g/mol. The summed E-state index contributed by atoms with van der Waals surface area (Å²) >= 11 is 1.56. The van der Waals surface area contributed by atoms with E-state index in [9.17, 15) is 0 Å². The molecule has 5 heteroatoms. The first kappa shape index (κ1) is 9.47. The summed E-state index contributed by atoms with van der Waals surface area (Å²) in [6, 6.07) is 8.34. The van der Waals surface area contributed by atoms with Crippen LogP contribution in [0.1, 0.15) is 11.4 Å². The largest absolute Gasteiger partial charge is 0.234 e. The maximum Gasteiger partial charge on any atom is 0.234 e. The fourth-order valence-corrected chi connectivity index (χ4v) is 2.42. The molecule has 0 amide bonds. The quantitative estimate of drug-likeness (QED) is 0.645. The van der Waals surface area contributed by atoms with Crippen molar-refractivity contribution in [3.8, 4) is 10.6 Å². The van der Waals surface area contributed by atoms with Gasteiger partial charge in [-0.1, -0.05) is 41.2 Å². The maximum atomic E-state index is 4.48. The average Bonchev–Trinajstić information content (AvgIpc) is 2.83. The highest BCUT2D eigenvalue weighted by Crippen LogP contribution is 2.25. The topological polar surface area (TPSA) is 43.1 Å². The van der Waals surface area contributed by atoms with Gasteiger partial charge < -0.3 is 0 Å². The minimum atomic E-state index is 0.824. The summed E-state index contributed by atoms with van der Waals surface area (Å²) in [6.07, 6.45) is 0. The molecule has 3 rings (SSSR count). The van der Waals surface area contributed by atoms with Gasteiger partial charge in [-0.05, 0) is 13.8 Å². The fraction of sp³-hybridized carbons (Fsp3) is 0.182. The third-order valence-corrected chi connectivity index (χ3v) is 3.39. The zero-order valence-corrected chi connectivity index (χ0v) is 9.82. The molecule has 0 radical (unpaired) electrons. The first-order chi connectivity index (χ1) is 7.74. The van der Waals surface area contributed by atoms with Gasteiger partial charge in [-0.15, -0.1) is 10.2 Å². The number of hydrogen-bond acceptors (Lipinski definition) is 4. The number of nitrogens with zero attached hydrogens (tertiary/aromatic N) is 4. The molecule has 80 valence electrons. The van der Waals surface area contributed by atoms with E-state index < -0.39 is 0 Å². The number of fused-ring (bicyclic) bond motifs is 1. The lowest BCUT2D eigenvalue weighted by atomic mass is 10.2. The lowest BCUT2D eigenvalue weighted by Crippen LogP contribution is -1.88. The molecule has 0 fully saturated rings. The van der Waals surface area contributed by atoms with Crippen molar-refractivity contribution in [2.24, 2.45) is 0 Å². The van der Waals surface area contributed by atoms with Crippen LogP contribution in [0.5, 0.6) is 0 Å². The Balaban J connectivity index is 2.15. The molecule has 2 aromatic heterocycles. The lowest BCUT2D eigenvalue weighted by Gasteiger charge is -1.95. The van der Waals surface area contributed by atoms with Crippen molar-refractivity contribution in [2.45, 2.75) is 13.8 Å². The minimum Gasteiger partial charge on any atom is -0.187 e. The second-order valence-electron chi connectivity index (χ2n) is 3.71. The van der Waals surface area contributed by atoms with Crippen molar-refractivity contribution in [3.05, 3.63) is 35.7 Å². The first-order valence-electron chi connectivity index (χ1n) is 5.00. The molecule has 0 aliphatic rings. The van der Waals surface area contributed by atoms with E-state index in [-0.39, 0.29) is 0 Å². The van der Waals surface area contributed by atoms with Gasteiger partial charge in [-0.25, -0.2) is 0 Å². The minimum absolute atomic E-state index is 0.824. The molecule has 1 aromatic carbocycles. The average molecular weight is 230 g/mol. The van der Waals surface area contributed by atoms with Crippen LogP contribution in [0, 0.1) is 13.8 Å². The molecule has 16 heavy (non-hydrogen) atoms. The summed E-state index contributed by atoms with van der Waals surface area (Å²) in [7, 11) is 0. The SMILES string of the molecule is Cc1ccc(-c2nn3c(C)nnc3s2)cc1. The number of aromatic nitrogens is 4. The molecule has 0 atom stereocenters. The van der Waals surface area contributed by atoms with E-state index in [1.807, 2.05) is 6.92 Å². The molecule has 0 aliphatic heterocycles. The molecular formula is C11H10N4S. The summed E-state index contributed by atoms with van der Waals surface area (Å²) in [5.41, 5.74) is 2.38. The molecule has 3 aromatic rings. The Labute approximate surface area is 96.6 Å². The van der Waals surface area contributed by atoms with E-state index in [0.717, 1.165) is 21.4 Å². The van der Waals surface area contributed by atoms with Crippen molar-refractivity contribution in [1.29, 1.82) is 0 Å². The summed E-state index contributed by atoms with van der Waals surface area (Å²) in [6.45, 7) is 3.98. The molecule has 0 bridgehead atoms. The summed E-state index contributed by atoms with van der Waals surface area (Å²) in [4.78, 5) is 0.841. The smallest absolute Gasteiger partial charge is 0.187 e. The predicted molar refractivity (Wildman–Crippen MR) is 63.6 cm³/mol. The van der Waals surface area contributed by atoms with Gasteiger partial charge in [0.05, 0.1) is 0 Å². The highest BCUT2D eigenvalue weighted by molar-refractivity contribution is 7.19. The Morgan fingerprint density at radius 1 is 1.06 bits per heavy atom. The van der Waals surface area contributed by atoms with Crippen LogP contribution >= 0.6 is 11.3 Å². The standard InChI is InChI=1S/C11H10N4S/c1-7-3-5-9(6-4-7)10-14-15-8(2)12-13-11(15)16-10/h3-6H,1-2H3. The lowest BCUT2D eigenvalue weighted by molar-refractivity contribution is 0.898. The van der Waals surface area contributed by atoms with Crippen LogP contribution < -0.4 is 0 Å². The highest BCUT2D eigenvalue weighted by atomic mass is 32.1. The van der Waals surface area contributed by atoms with Gasteiger partial charge in [0.2, 0.25) is 4.96 Å². The van der Waals surface area contributed by atoms with E-state index in [0.29, 0.717) is 0 Å². The van der Waals surface area contributed by atoms with Gasteiger partial charge in [0.15, 0.2) is 5.82 Å². The van der Waals surface area contributed by atoms with Gasteiger partial charge >= 0.3 is 0 Å². The summed E-state index contributed by atoms with van der Waals surface area (Å²) < 4.78 is 1.78. The molecule has 0 aliphatic carbocycles. The second-order valence-corrected chi connectivity index (χ2v) is 4.67. The maximum absolute atomic E-state index is 4.48. The van der Waals surface area contributed by atoms with E-state index in [1.165, 1.54) is 5.56 Å². The first-order valence-corrected chi connectivity index (χ1v) is 5.81.